The van der Waals surface area contributed by atoms with E-state index >= 15 is 0 Å². The highest BCUT2D eigenvalue weighted by Gasteiger charge is 2.24. The van der Waals surface area contributed by atoms with E-state index in [1.54, 1.807) is 24.4 Å². The number of imidazole rings is 1. The molecule has 1 aliphatic heterocycles. The first kappa shape index (κ1) is 23.7. The van der Waals surface area contributed by atoms with Gasteiger partial charge in [0.15, 0.2) is 0 Å². The molecule has 1 saturated heterocycles. The average Bonchev–Trinajstić information content (AvgIpc) is 3.49. The molecule has 3 heterocycles. The largest absolute Gasteiger partial charge is 0.457 e. The fourth-order valence-corrected chi connectivity index (χ4v) is 4.22. The zero-order valence-electron chi connectivity index (χ0n) is 20.4. The van der Waals surface area contributed by atoms with Crippen LogP contribution in [0.4, 0.5) is 21.8 Å². The third-order valence-corrected chi connectivity index (χ3v) is 6.17. The molecule has 1 unspecified atom stereocenters. The summed E-state index contributed by atoms with van der Waals surface area (Å²) in [7, 11) is 1.91. The molecule has 1 amide bonds. The molecule has 9 heteroatoms. The van der Waals surface area contributed by atoms with Crippen molar-refractivity contribution in [1.29, 1.82) is 0 Å². The van der Waals surface area contributed by atoms with Crippen molar-refractivity contribution in [2.75, 3.05) is 17.2 Å². The number of benzene rings is 2. The summed E-state index contributed by atoms with van der Waals surface area (Å²) in [5.74, 6) is 1.82. The van der Waals surface area contributed by atoms with Crippen molar-refractivity contribution in [3.63, 3.8) is 0 Å². The van der Waals surface area contributed by atoms with E-state index in [1.165, 1.54) is 6.07 Å². The molecule has 0 radical (unpaired) electrons. The summed E-state index contributed by atoms with van der Waals surface area (Å²) in [4.78, 5) is 21.2. The number of aryl methyl sites for hydroxylation is 1. The van der Waals surface area contributed by atoms with Crippen molar-refractivity contribution in [1.82, 2.24) is 14.5 Å². The van der Waals surface area contributed by atoms with Gasteiger partial charge in [-0.15, -0.1) is 0 Å². The number of pyridine rings is 1. The molecule has 0 bridgehead atoms. The van der Waals surface area contributed by atoms with Gasteiger partial charge in [0.1, 0.15) is 29.2 Å². The molecule has 0 spiro atoms. The van der Waals surface area contributed by atoms with Gasteiger partial charge in [0.2, 0.25) is 5.95 Å². The zero-order valence-corrected chi connectivity index (χ0v) is 20.4. The van der Waals surface area contributed by atoms with Crippen LogP contribution in [-0.2, 0) is 16.6 Å². The standard InChI is InChI=1S/C27H28FN5O3/c1-16(2)20-13-17(6-8-21(20)28)30-27-31-22-14-18(7-9-23(22)33(27)3)36-19-10-11-29-25(15-19)32-26(34)24-5-4-12-35-24/h6-11,13-16,24H,4-5,12H2,1-3H3,(H,30,31)(H,29,32,34). The number of nitrogens with one attached hydrogen (secondary N) is 2. The number of rotatable bonds is 7. The average molecular weight is 490 g/mol. The lowest BCUT2D eigenvalue weighted by molar-refractivity contribution is -0.124. The van der Waals surface area contributed by atoms with E-state index in [0.29, 0.717) is 41.9 Å². The summed E-state index contributed by atoms with van der Waals surface area (Å²) >= 11 is 0. The number of aromatic nitrogens is 3. The maximum Gasteiger partial charge on any atom is 0.254 e. The summed E-state index contributed by atoms with van der Waals surface area (Å²) in [5.41, 5.74) is 3.07. The maximum atomic E-state index is 14.1. The first-order valence-corrected chi connectivity index (χ1v) is 12.0. The van der Waals surface area contributed by atoms with Gasteiger partial charge < -0.3 is 24.7 Å². The van der Waals surface area contributed by atoms with Gasteiger partial charge in [0.05, 0.1) is 11.0 Å². The number of anilines is 3. The number of hydrogen-bond donors (Lipinski definition) is 2. The van der Waals surface area contributed by atoms with Crippen LogP contribution in [0.2, 0.25) is 0 Å². The summed E-state index contributed by atoms with van der Waals surface area (Å²) in [6.07, 6.45) is 2.74. The quantitative estimate of drug-likeness (QED) is 0.337. The number of carbonyl (C=O) groups excluding carboxylic acids is 1. The highest BCUT2D eigenvalue weighted by atomic mass is 19.1. The van der Waals surface area contributed by atoms with Crippen molar-refractivity contribution in [2.45, 2.75) is 38.7 Å². The summed E-state index contributed by atoms with van der Waals surface area (Å²) < 4.78 is 27.5. The fraction of sp³-hybridized carbons (Fsp3) is 0.296. The second-order valence-electron chi connectivity index (χ2n) is 9.13. The molecule has 8 nitrogen and oxygen atoms in total. The van der Waals surface area contributed by atoms with Gasteiger partial charge in [-0.2, -0.15) is 0 Å². The number of amides is 1. The SMILES string of the molecule is CC(C)c1cc(Nc2nc3cc(Oc4ccnc(NC(=O)C5CCCO5)c4)ccc3n2C)ccc1F. The van der Waals surface area contributed by atoms with Crippen molar-refractivity contribution in [3.05, 3.63) is 66.1 Å². The highest BCUT2D eigenvalue weighted by Crippen LogP contribution is 2.30. The van der Waals surface area contributed by atoms with Crippen LogP contribution in [0.3, 0.4) is 0 Å². The van der Waals surface area contributed by atoms with Crippen molar-refractivity contribution in [3.8, 4) is 11.5 Å². The normalized spacial score (nSPS) is 15.4. The summed E-state index contributed by atoms with van der Waals surface area (Å²) in [6.45, 7) is 4.52. The van der Waals surface area contributed by atoms with Gasteiger partial charge in [-0.3, -0.25) is 4.79 Å². The number of fused-ring (bicyclic) bond motifs is 1. The Labute approximate surface area is 208 Å². The van der Waals surface area contributed by atoms with E-state index < -0.39 is 6.10 Å². The first-order chi connectivity index (χ1) is 17.4. The lowest BCUT2D eigenvalue weighted by atomic mass is 10.0. The predicted molar refractivity (Wildman–Crippen MR) is 136 cm³/mol. The Bertz CT molecular complexity index is 1410. The smallest absolute Gasteiger partial charge is 0.254 e. The Morgan fingerprint density at radius 2 is 2.00 bits per heavy atom. The Balaban J connectivity index is 1.33. The molecule has 36 heavy (non-hydrogen) atoms. The maximum absolute atomic E-state index is 14.1. The van der Waals surface area contributed by atoms with E-state index in [2.05, 4.69) is 15.6 Å². The molecule has 2 N–H and O–H groups in total. The lowest BCUT2D eigenvalue weighted by Gasteiger charge is -2.11. The topological polar surface area (TPSA) is 90.3 Å². The van der Waals surface area contributed by atoms with Crippen LogP contribution in [0.15, 0.2) is 54.7 Å². The van der Waals surface area contributed by atoms with Crippen LogP contribution in [0.25, 0.3) is 11.0 Å². The second-order valence-corrected chi connectivity index (χ2v) is 9.13. The Morgan fingerprint density at radius 1 is 1.17 bits per heavy atom. The highest BCUT2D eigenvalue weighted by molar-refractivity contribution is 5.93. The van der Waals surface area contributed by atoms with E-state index in [0.717, 1.165) is 23.1 Å². The van der Waals surface area contributed by atoms with E-state index in [4.69, 9.17) is 14.5 Å². The molecule has 1 fully saturated rings. The van der Waals surface area contributed by atoms with Gasteiger partial charge in [-0.05, 0) is 60.7 Å². The lowest BCUT2D eigenvalue weighted by Crippen LogP contribution is -2.27. The fourth-order valence-electron chi connectivity index (χ4n) is 4.22. The number of hydrogen-bond acceptors (Lipinski definition) is 6. The van der Waals surface area contributed by atoms with Gasteiger partial charge in [0.25, 0.3) is 5.91 Å². The Kier molecular flexibility index (Phi) is 6.56. The van der Waals surface area contributed by atoms with Crippen molar-refractivity contribution < 1.29 is 18.7 Å². The summed E-state index contributed by atoms with van der Waals surface area (Å²) in [5, 5.41) is 6.07. The predicted octanol–water partition coefficient (Wildman–Crippen LogP) is 5.88. The molecule has 0 aliphatic carbocycles. The zero-order chi connectivity index (χ0) is 25.2. The van der Waals surface area contributed by atoms with Gasteiger partial charge in [0, 0.05) is 37.7 Å². The van der Waals surface area contributed by atoms with Crippen LogP contribution < -0.4 is 15.4 Å². The Hall–Kier alpha value is -3.98. The number of halogens is 1. The molecule has 1 aliphatic rings. The van der Waals surface area contributed by atoms with Gasteiger partial charge in [-0.1, -0.05) is 13.8 Å². The minimum Gasteiger partial charge on any atom is -0.457 e. The number of nitrogens with zero attached hydrogens (tertiary/aromatic N) is 3. The third-order valence-electron chi connectivity index (χ3n) is 6.17. The minimum absolute atomic E-state index is 0.0740. The van der Waals surface area contributed by atoms with Gasteiger partial charge >= 0.3 is 0 Å². The van der Waals surface area contributed by atoms with E-state index in [1.807, 2.05) is 49.7 Å². The molecule has 4 aromatic rings. The number of ether oxygens (including phenoxy) is 2. The van der Waals surface area contributed by atoms with Gasteiger partial charge in [-0.25, -0.2) is 14.4 Å². The molecule has 2 aromatic carbocycles. The molecule has 5 rings (SSSR count). The van der Waals surface area contributed by atoms with Crippen LogP contribution in [0.1, 0.15) is 38.2 Å². The molecule has 1 atom stereocenters. The first-order valence-electron chi connectivity index (χ1n) is 12.0. The second kappa shape index (κ2) is 9.94. The summed E-state index contributed by atoms with van der Waals surface area (Å²) in [6, 6.07) is 14.0. The van der Waals surface area contributed by atoms with E-state index in [9.17, 15) is 9.18 Å². The molecular weight excluding hydrogens is 461 g/mol. The molecule has 186 valence electrons. The minimum atomic E-state index is -0.433. The van der Waals surface area contributed by atoms with Crippen LogP contribution in [-0.4, -0.2) is 33.2 Å². The monoisotopic (exact) mass is 489 g/mol. The molecule has 2 aromatic heterocycles. The Morgan fingerprint density at radius 3 is 2.78 bits per heavy atom. The molecular formula is C27H28FN5O3. The van der Waals surface area contributed by atoms with Crippen molar-refractivity contribution in [2.24, 2.45) is 7.05 Å². The van der Waals surface area contributed by atoms with Crippen LogP contribution >= 0.6 is 0 Å². The van der Waals surface area contributed by atoms with Crippen molar-refractivity contribution >= 4 is 34.4 Å². The number of carbonyl (C=O) groups is 1. The molecule has 0 saturated carbocycles. The third kappa shape index (κ3) is 5.01. The van der Waals surface area contributed by atoms with E-state index in [-0.39, 0.29) is 17.6 Å². The van der Waals surface area contributed by atoms with Crippen LogP contribution in [0.5, 0.6) is 11.5 Å². The van der Waals surface area contributed by atoms with Crippen LogP contribution in [0, 0.1) is 5.82 Å².